The molecule has 1 unspecified atom stereocenters. The van der Waals surface area contributed by atoms with Crippen LogP contribution in [0.15, 0.2) is 24.3 Å². The molecule has 0 saturated heterocycles. The summed E-state index contributed by atoms with van der Waals surface area (Å²) in [6.45, 7) is 2.97. The summed E-state index contributed by atoms with van der Waals surface area (Å²) in [6, 6.07) is 8.15. The lowest BCUT2D eigenvalue weighted by atomic mass is 9.83. The second-order valence-corrected chi connectivity index (χ2v) is 5.41. The fourth-order valence-corrected chi connectivity index (χ4v) is 2.63. The molecule has 1 heterocycles. The molecule has 3 rings (SSSR count). The number of hydrogen-bond acceptors (Lipinski definition) is 3. The highest BCUT2D eigenvalue weighted by Gasteiger charge is 2.19. The molecule has 2 aliphatic rings. The van der Waals surface area contributed by atoms with Gasteiger partial charge in [0, 0.05) is 6.54 Å². The Labute approximate surface area is 109 Å². The predicted octanol–water partition coefficient (Wildman–Crippen LogP) is 2.64. The predicted molar refractivity (Wildman–Crippen MR) is 74.2 cm³/mol. The molecule has 3 heteroatoms. The van der Waals surface area contributed by atoms with Crippen LogP contribution in [0.4, 0.5) is 5.69 Å². The topological polar surface area (TPSA) is 33.3 Å². The van der Waals surface area contributed by atoms with Gasteiger partial charge in [-0.15, -0.1) is 0 Å². The van der Waals surface area contributed by atoms with E-state index in [1.165, 1.54) is 25.7 Å². The maximum absolute atomic E-state index is 5.95. The first kappa shape index (κ1) is 11.8. The Kier molecular flexibility index (Phi) is 3.69. The fourth-order valence-electron chi connectivity index (χ4n) is 2.63. The number of nitrogens with one attached hydrogen (secondary N) is 2. The zero-order chi connectivity index (χ0) is 12.2. The Morgan fingerprint density at radius 2 is 2.17 bits per heavy atom. The van der Waals surface area contributed by atoms with Crippen molar-refractivity contribution in [2.24, 2.45) is 5.92 Å². The van der Waals surface area contributed by atoms with Crippen molar-refractivity contribution < 1.29 is 4.74 Å². The van der Waals surface area contributed by atoms with Crippen LogP contribution in [0, 0.1) is 5.92 Å². The van der Waals surface area contributed by atoms with Crippen molar-refractivity contribution >= 4 is 5.69 Å². The van der Waals surface area contributed by atoms with E-state index >= 15 is 0 Å². The summed E-state index contributed by atoms with van der Waals surface area (Å²) in [6.07, 6.45) is 5.90. The lowest BCUT2D eigenvalue weighted by Gasteiger charge is -2.28. The molecule has 0 spiro atoms. The van der Waals surface area contributed by atoms with Gasteiger partial charge in [0.05, 0.1) is 12.2 Å². The third kappa shape index (κ3) is 2.78. The Bertz CT molecular complexity index is 390. The zero-order valence-electron chi connectivity index (χ0n) is 10.8. The number of hydrogen-bond donors (Lipinski definition) is 2. The highest BCUT2D eigenvalue weighted by molar-refractivity contribution is 5.57. The Balaban J connectivity index is 1.39. The Hall–Kier alpha value is -1.22. The van der Waals surface area contributed by atoms with E-state index in [1.54, 1.807) is 0 Å². The molecule has 0 aromatic heterocycles. The summed E-state index contributed by atoms with van der Waals surface area (Å²) in [4.78, 5) is 0. The normalized spacial score (nSPS) is 22.6. The van der Waals surface area contributed by atoms with E-state index in [2.05, 4.69) is 16.7 Å². The Morgan fingerprint density at radius 3 is 3.00 bits per heavy atom. The van der Waals surface area contributed by atoms with Gasteiger partial charge in [0.25, 0.3) is 0 Å². The molecule has 98 valence electrons. The van der Waals surface area contributed by atoms with Crippen molar-refractivity contribution in [2.45, 2.75) is 31.8 Å². The van der Waals surface area contributed by atoms with Gasteiger partial charge in [0.1, 0.15) is 11.9 Å². The van der Waals surface area contributed by atoms with Crippen LogP contribution in [0.3, 0.4) is 0 Å². The molecule has 1 aromatic rings. The molecule has 18 heavy (non-hydrogen) atoms. The maximum atomic E-state index is 5.95. The average Bonchev–Trinajstić information content (AvgIpc) is 2.36. The fraction of sp³-hybridized carbons (Fsp3) is 0.600. The van der Waals surface area contributed by atoms with Gasteiger partial charge >= 0.3 is 0 Å². The van der Waals surface area contributed by atoms with Gasteiger partial charge in [-0.1, -0.05) is 31.4 Å². The quantitative estimate of drug-likeness (QED) is 0.784. The lowest BCUT2D eigenvalue weighted by molar-refractivity contribution is 0.199. The Morgan fingerprint density at radius 1 is 1.28 bits per heavy atom. The van der Waals surface area contributed by atoms with Gasteiger partial charge in [-0.25, -0.2) is 0 Å². The van der Waals surface area contributed by atoms with Gasteiger partial charge < -0.3 is 15.4 Å². The summed E-state index contributed by atoms with van der Waals surface area (Å²) in [7, 11) is 0. The van der Waals surface area contributed by atoms with Crippen LogP contribution < -0.4 is 15.4 Å². The number of ether oxygens (including phenoxy) is 1. The van der Waals surface area contributed by atoms with Crippen molar-refractivity contribution in [1.82, 2.24) is 5.32 Å². The van der Waals surface area contributed by atoms with E-state index in [0.717, 1.165) is 37.0 Å². The molecule has 1 aromatic carbocycles. The molecule has 0 amide bonds. The highest BCUT2D eigenvalue weighted by atomic mass is 16.5. The number of para-hydroxylation sites is 2. The minimum atomic E-state index is 0.251. The van der Waals surface area contributed by atoms with Gasteiger partial charge in [0.15, 0.2) is 0 Å². The van der Waals surface area contributed by atoms with E-state index < -0.39 is 0 Å². The second-order valence-electron chi connectivity index (χ2n) is 5.41. The molecular formula is C15H22N2O. The minimum absolute atomic E-state index is 0.251. The van der Waals surface area contributed by atoms with Gasteiger partial charge in [-0.05, 0) is 31.0 Å². The van der Waals surface area contributed by atoms with Crippen molar-refractivity contribution in [1.29, 1.82) is 0 Å². The van der Waals surface area contributed by atoms with Crippen LogP contribution >= 0.6 is 0 Å². The minimum Gasteiger partial charge on any atom is -0.485 e. The van der Waals surface area contributed by atoms with Crippen molar-refractivity contribution in [3.05, 3.63) is 24.3 Å². The van der Waals surface area contributed by atoms with Gasteiger partial charge in [0.2, 0.25) is 0 Å². The summed E-state index contributed by atoms with van der Waals surface area (Å²) >= 11 is 0. The molecule has 0 bridgehead atoms. The second kappa shape index (κ2) is 5.61. The van der Waals surface area contributed by atoms with Crippen LogP contribution in [0.25, 0.3) is 0 Å². The first-order chi connectivity index (χ1) is 8.92. The molecule has 1 atom stereocenters. The molecule has 2 N–H and O–H groups in total. The third-order valence-electron chi connectivity index (χ3n) is 4.03. The van der Waals surface area contributed by atoms with E-state index in [0.29, 0.717) is 0 Å². The van der Waals surface area contributed by atoms with Gasteiger partial charge in [-0.2, -0.15) is 0 Å². The molecular weight excluding hydrogens is 224 g/mol. The van der Waals surface area contributed by atoms with Crippen molar-refractivity contribution in [3.63, 3.8) is 0 Å². The molecule has 3 nitrogen and oxygen atoms in total. The number of rotatable bonds is 5. The third-order valence-corrected chi connectivity index (χ3v) is 4.03. The summed E-state index contributed by atoms with van der Waals surface area (Å²) in [5.41, 5.74) is 1.11. The average molecular weight is 246 g/mol. The molecule has 1 saturated carbocycles. The summed E-state index contributed by atoms with van der Waals surface area (Å²) in [5, 5.41) is 6.94. The monoisotopic (exact) mass is 246 g/mol. The molecule has 0 radical (unpaired) electrons. The SMILES string of the molecule is c1ccc2c(c1)NCC(CNCCC1CCC1)O2. The summed E-state index contributed by atoms with van der Waals surface area (Å²) < 4.78 is 5.95. The number of benzene rings is 1. The smallest absolute Gasteiger partial charge is 0.142 e. The van der Waals surface area contributed by atoms with Gasteiger partial charge in [-0.3, -0.25) is 0 Å². The largest absolute Gasteiger partial charge is 0.485 e. The standard InChI is InChI=1S/C15H22N2O/c1-2-7-15-14(6-1)17-11-13(18-15)10-16-9-8-12-4-3-5-12/h1-2,6-7,12-13,16-17H,3-5,8-11H2. The van der Waals surface area contributed by atoms with E-state index in [-0.39, 0.29) is 6.10 Å². The van der Waals surface area contributed by atoms with E-state index in [9.17, 15) is 0 Å². The van der Waals surface area contributed by atoms with Crippen LogP contribution in [0.5, 0.6) is 5.75 Å². The van der Waals surface area contributed by atoms with E-state index in [1.807, 2.05) is 18.2 Å². The first-order valence-corrected chi connectivity index (χ1v) is 7.12. The molecule has 1 fully saturated rings. The number of anilines is 1. The van der Waals surface area contributed by atoms with Crippen molar-refractivity contribution in [3.8, 4) is 5.75 Å². The van der Waals surface area contributed by atoms with Crippen LogP contribution in [-0.2, 0) is 0 Å². The molecule has 1 aliphatic heterocycles. The first-order valence-electron chi connectivity index (χ1n) is 7.12. The van der Waals surface area contributed by atoms with E-state index in [4.69, 9.17) is 4.74 Å². The van der Waals surface area contributed by atoms with Crippen molar-refractivity contribution in [2.75, 3.05) is 25.0 Å². The van der Waals surface area contributed by atoms with Crippen LogP contribution in [-0.4, -0.2) is 25.7 Å². The lowest BCUT2D eigenvalue weighted by Crippen LogP contribution is -2.40. The highest BCUT2D eigenvalue weighted by Crippen LogP contribution is 2.29. The van der Waals surface area contributed by atoms with Crippen LogP contribution in [0.1, 0.15) is 25.7 Å². The number of fused-ring (bicyclic) bond motifs is 1. The van der Waals surface area contributed by atoms with Crippen LogP contribution in [0.2, 0.25) is 0 Å². The molecule has 1 aliphatic carbocycles. The zero-order valence-corrected chi connectivity index (χ0v) is 10.8. The maximum Gasteiger partial charge on any atom is 0.142 e. The summed E-state index contributed by atoms with van der Waals surface area (Å²) in [5.74, 6) is 1.97.